The van der Waals surface area contributed by atoms with Gasteiger partial charge in [0.2, 0.25) is 5.78 Å². The van der Waals surface area contributed by atoms with E-state index in [0.29, 0.717) is 16.8 Å². The average Bonchev–Trinajstić information content (AvgIpc) is 2.73. The van der Waals surface area contributed by atoms with Crippen molar-refractivity contribution in [3.8, 4) is 0 Å². The third kappa shape index (κ3) is 3.83. The van der Waals surface area contributed by atoms with Crippen LogP contribution >= 0.6 is 0 Å². The number of anilines is 1. The summed E-state index contributed by atoms with van der Waals surface area (Å²) in [4.78, 5) is 33.1. The van der Waals surface area contributed by atoms with E-state index in [4.69, 9.17) is 0 Å². The molecule has 0 saturated heterocycles. The minimum Gasteiger partial charge on any atom is -0.294 e. The van der Waals surface area contributed by atoms with Gasteiger partial charge in [0.25, 0.3) is 10.0 Å². The van der Waals surface area contributed by atoms with E-state index in [0.717, 1.165) is 0 Å². The molecule has 0 unspecified atom stereocenters. The molecular weight excluding hydrogens is 390 g/mol. The Hall–Kier alpha value is -3.65. The predicted octanol–water partition coefficient (Wildman–Crippen LogP) is 3.42. The number of benzene rings is 2. The number of nitrogens with zero attached hydrogens (tertiary/aromatic N) is 2. The Balaban J connectivity index is 1.59. The Morgan fingerprint density at radius 3 is 2.24 bits per heavy atom. The number of aliphatic imine (C=N–C) groups is 1. The number of pyridine rings is 1. The lowest BCUT2D eigenvalue weighted by molar-refractivity contribution is 0.0965. The summed E-state index contributed by atoms with van der Waals surface area (Å²) < 4.78 is 27.3. The molecule has 0 bridgehead atoms. The second kappa shape index (κ2) is 7.40. The zero-order chi connectivity index (χ0) is 20.4. The highest BCUT2D eigenvalue weighted by Crippen LogP contribution is 2.24. The van der Waals surface area contributed by atoms with Crippen LogP contribution in [0.4, 0.5) is 11.5 Å². The van der Waals surface area contributed by atoms with Crippen LogP contribution in [0.2, 0.25) is 0 Å². The molecule has 0 saturated carbocycles. The summed E-state index contributed by atoms with van der Waals surface area (Å²) in [6.45, 7) is 0. The molecule has 1 aromatic heterocycles. The molecule has 3 aromatic rings. The molecule has 1 aliphatic carbocycles. The van der Waals surface area contributed by atoms with Gasteiger partial charge in [-0.3, -0.25) is 14.3 Å². The smallest absolute Gasteiger partial charge is 0.263 e. The number of hydrogen-bond donors (Lipinski definition) is 1. The summed E-state index contributed by atoms with van der Waals surface area (Å²) in [7, 11) is -3.80. The molecule has 8 heteroatoms. The van der Waals surface area contributed by atoms with E-state index in [1.165, 1.54) is 30.5 Å². The molecule has 0 fully saturated rings. The Morgan fingerprint density at radius 1 is 0.862 bits per heavy atom. The van der Waals surface area contributed by atoms with Crippen molar-refractivity contribution in [2.24, 2.45) is 4.99 Å². The van der Waals surface area contributed by atoms with Gasteiger partial charge in [-0.1, -0.05) is 30.3 Å². The van der Waals surface area contributed by atoms with Crippen LogP contribution in [0.25, 0.3) is 0 Å². The molecule has 0 amide bonds. The maximum absolute atomic E-state index is 12.6. The number of carbonyl (C=O) groups excluding carboxylic acids is 2. The summed E-state index contributed by atoms with van der Waals surface area (Å²) in [5.74, 6) is -0.256. The van der Waals surface area contributed by atoms with Crippen molar-refractivity contribution in [2.45, 2.75) is 11.3 Å². The summed E-state index contributed by atoms with van der Waals surface area (Å²) in [5.41, 5.74) is 1.26. The number of sulfonamides is 1. The number of ketones is 2. The van der Waals surface area contributed by atoms with Gasteiger partial charge in [-0.2, -0.15) is 0 Å². The van der Waals surface area contributed by atoms with Gasteiger partial charge in [-0.15, -0.1) is 0 Å². The van der Waals surface area contributed by atoms with Crippen molar-refractivity contribution in [3.63, 3.8) is 0 Å². The molecule has 1 N–H and O–H groups in total. The zero-order valence-corrected chi connectivity index (χ0v) is 15.9. The zero-order valence-electron chi connectivity index (χ0n) is 15.1. The van der Waals surface area contributed by atoms with E-state index in [1.54, 1.807) is 42.5 Å². The summed E-state index contributed by atoms with van der Waals surface area (Å²) >= 11 is 0. The minimum atomic E-state index is -3.80. The van der Waals surface area contributed by atoms with Crippen molar-refractivity contribution in [1.82, 2.24) is 4.98 Å². The Morgan fingerprint density at radius 2 is 1.55 bits per heavy atom. The van der Waals surface area contributed by atoms with E-state index in [1.807, 2.05) is 0 Å². The molecule has 0 aliphatic heterocycles. The third-order valence-electron chi connectivity index (χ3n) is 4.38. The number of nitrogens with one attached hydrogen (secondary N) is 1. The van der Waals surface area contributed by atoms with Crippen LogP contribution < -0.4 is 4.72 Å². The van der Waals surface area contributed by atoms with Crippen LogP contribution in [-0.2, 0) is 10.0 Å². The lowest BCUT2D eigenvalue weighted by atomic mass is 9.88. The maximum Gasteiger partial charge on any atom is 0.263 e. The van der Waals surface area contributed by atoms with E-state index in [-0.39, 0.29) is 34.4 Å². The summed E-state index contributed by atoms with van der Waals surface area (Å²) in [6, 6.07) is 17.3. The van der Waals surface area contributed by atoms with Crippen molar-refractivity contribution >= 4 is 38.8 Å². The third-order valence-corrected chi connectivity index (χ3v) is 5.75. The van der Waals surface area contributed by atoms with E-state index >= 15 is 0 Å². The van der Waals surface area contributed by atoms with E-state index in [2.05, 4.69) is 14.7 Å². The number of hydrogen-bond acceptors (Lipinski definition) is 6. The highest BCUT2D eigenvalue weighted by Gasteiger charge is 2.28. The largest absolute Gasteiger partial charge is 0.294 e. The summed E-state index contributed by atoms with van der Waals surface area (Å²) in [5, 5.41) is 0. The van der Waals surface area contributed by atoms with Crippen molar-refractivity contribution in [1.29, 1.82) is 0 Å². The van der Waals surface area contributed by atoms with Crippen LogP contribution in [0.1, 0.15) is 27.1 Å². The van der Waals surface area contributed by atoms with Gasteiger partial charge in [-0.05, 0) is 36.4 Å². The molecule has 0 radical (unpaired) electrons. The number of fused-ring (bicyclic) bond motifs is 1. The van der Waals surface area contributed by atoms with Crippen LogP contribution in [0.3, 0.4) is 0 Å². The Kier molecular flexibility index (Phi) is 4.77. The lowest BCUT2D eigenvalue weighted by Crippen LogP contribution is -2.26. The fourth-order valence-electron chi connectivity index (χ4n) is 2.97. The predicted molar refractivity (Wildman–Crippen MR) is 108 cm³/mol. The molecule has 144 valence electrons. The van der Waals surface area contributed by atoms with Crippen molar-refractivity contribution in [3.05, 3.63) is 84.1 Å². The second-order valence-corrected chi connectivity index (χ2v) is 8.03. The number of Topliss-reactive ketones (excluding diaryl/α,β-unsaturated/α-hetero) is 2. The number of rotatable bonds is 4. The van der Waals surface area contributed by atoms with Gasteiger partial charge in [0.05, 0.1) is 22.7 Å². The topological polar surface area (TPSA) is 106 Å². The fraction of sp³-hybridized carbons (Fsp3) is 0.0476. The first-order valence-corrected chi connectivity index (χ1v) is 10.2. The Labute approximate surface area is 167 Å². The average molecular weight is 405 g/mol. The quantitative estimate of drug-likeness (QED) is 0.716. The second-order valence-electron chi connectivity index (χ2n) is 6.35. The van der Waals surface area contributed by atoms with E-state index in [9.17, 15) is 18.0 Å². The molecule has 0 spiro atoms. The normalized spacial score (nSPS) is 15.2. The molecule has 4 rings (SSSR count). The van der Waals surface area contributed by atoms with Gasteiger partial charge in [0, 0.05) is 17.3 Å². The molecule has 1 heterocycles. The first-order valence-electron chi connectivity index (χ1n) is 8.72. The lowest BCUT2D eigenvalue weighted by Gasteiger charge is -2.15. The summed E-state index contributed by atoms with van der Waals surface area (Å²) in [6.07, 6.45) is 1.40. The molecule has 29 heavy (non-hydrogen) atoms. The molecule has 1 aliphatic rings. The fourth-order valence-corrected chi connectivity index (χ4v) is 3.98. The van der Waals surface area contributed by atoms with Gasteiger partial charge in [0.15, 0.2) is 5.78 Å². The highest BCUT2D eigenvalue weighted by molar-refractivity contribution is 7.92. The SMILES string of the molecule is O=C1CC(=Nc2ccc(S(=O)(=O)Nc3ccccn3)cc2)C(=O)c2ccccc21. The molecule has 2 aromatic carbocycles. The monoisotopic (exact) mass is 405 g/mol. The van der Waals surface area contributed by atoms with Crippen LogP contribution in [-0.4, -0.2) is 30.7 Å². The number of aromatic nitrogens is 1. The van der Waals surface area contributed by atoms with Gasteiger partial charge >= 0.3 is 0 Å². The Bertz CT molecular complexity index is 1230. The van der Waals surface area contributed by atoms with Crippen LogP contribution in [0.5, 0.6) is 0 Å². The number of carbonyl (C=O) groups is 2. The highest BCUT2D eigenvalue weighted by atomic mass is 32.2. The first-order chi connectivity index (χ1) is 13.9. The molecule has 0 atom stereocenters. The first kappa shape index (κ1) is 18.7. The molecule has 7 nitrogen and oxygen atoms in total. The van der Waals surface area contributed by atoms with E-state index < -0.39 is 10.0 Å². The van der Waals surface area contributed by atoms with Gasteiger partial charge < -0.3 is 0 Å². The van der Waals surface area contributed by atoms with Crippen molar-refractivity contribution in [2.75, 3.05) is 4.72 Å². The van der Waals surface area contributed by atoms with Crippen LogP contribution in [0, 0.1) is 0 Å². The van der Waals surface area contributed by atoms with Gasteiger partial charge in [0.1, 0.15) is 5.82 Å². The molecular formula is C21H15N3O4S. The van der Waals surface area contributed by atoms with Crippen molar-refractivity contribution < 1.29 is 18.0 Å². The van der Waals surface area contributed by atoms with Crippen LogP contribution in [0.15, 0.2) is 82.8 Å². The van der Waals surface area contributed by atoms with Gasteiger partial charge in [-0.25, -0.2) is 18.4 Å². The standard InChI is InChI=1S/C21H15N3O4S/c25-19-13-18(21(26)17-6-2-1-5-16(17)19)23-14-8-10-15(11-9-14)29(27,28)24-20-7-3-4-12-22-20/h1-12H,13H2,(H,22,24). The maximum atomic E-state index is 12.6. The minimum absolute atomic E-state index is 0.0310.